The van der Waals surface area contributed by atoms with Gasteiger partial charge in [0, 0.05) is 24.0 Å². The van der Waals surface area contributed by atoms with Crippen molar-refractivity contribution in [2.75, 3.05) is 5.32 Å². The highest BCUT2D eigenvalue weighted by Crippen LogP contribution is 2.24. The summed E-state index contributed by atoms with van der Waals surface area (Å²) in [5.74, 6) is 0. The van der Waals surface area contributed by atoms with Crippen LogP contribution in [0, 0.1) is 20.8 Å². The SMILES string of the molecule is Cc1cccc(NC(C)c2c(C)nn(C)c2C)c1. The monoisotopic (exact) mass is 243 g/mol. The van der Waals surface area contributed by atoms with E-state index in [-0.39, 0.29) is 6.04 Å². The molecule has 0 amide bonds. The third-order valence-corrected chi connectivity index (χ3v) is 3.40. The summed E-state index contributed by atoms with van der Waals surface area (Å²) in [6.07, 6.45) is 0. The minimum atomic E-state index is 0.264. The van der Waals surface area contributed by atoms with Gasteiger partial charge in [0.1, 0.15) is 0 Å². The fraction of sp³-hybridized carbons (Fsp3) is 0.400. The average Bonchev–Trinajstić information content (AvgIpc) is 2.53. The Morgan fingerprint density at radius 1 is 1.22 bits per heavy atom. The maximum atomic E-state index is 4.47. The summed E-state index contributed by atoms with van der Waals surface area (Å²) in [6.45, 7) is 8.47. The van der Waals surface area contributed by atoms with Crippen molar-refractivity contribution in [1.82, 2.24) is 9.78 Å². The Balaban J connectivity index is 2.24. The Hall–Kier alpha value is -1.77. The fourth-order valence-corrected chi connectivity index (χ4v) is 2.47. The number of aromatic nitrogens is 2. The Morgan fingerprint density at radius 2 is 1.94 bits per heavy atom. The van der Waals surface area contributed by atoms with Gasteiger partial charge in [-0.15, -0.1) is 0 Å². The maximum absolute atomic E-state index is 4.47. The number of anilines is 1. The number of rotatable bonds is 3. The second-order valence-corrected chi connectivity index (χ2v) is 4.94. The zero-order valence-electron chi connectivity index (χ0n) is 11.8. The quantitative estimate of drug-likeness (QED) is 0.894. The van der Waals surface area contributed by atoms with E-state index in [2.05, 4.69) is 62.4 Å². The highest BCUT2D eigenvalue weighted by Gasteiger charge is 2.15. The van der Waals surface area contributed by atoms with Crippen LogP contribution in [0.2, 0.25) is 0 Å². The van der Waals surface area contributed by atoms with E-state index >= 15 is 0 Å². The molecule has 96 valence electrons. The summed E-state index contributed by atoms with van der Waals surface area (Å²) in [5.41, 5.74) is 6.04. The van der Waals surface area contributed by atoms with E-state index < -0.39 is 0 Å². The van der Waals surface area contributed by atoms with Crippen molar-refractivity contribution in [2.24, 2.45) is 7.05 Å². The standard InChI is InChI=1S/C15H21N3/c1-10-7-6-8-14(9-10)16-11(2)15-12(3)17-18(5)13(15)4/h6-9,11,16H,1-5H3. The Labute approximate surface area is 109 Å². The lowest BCUT2D eigenvalue weighted by atomic mass is 10.1. The molecular weight excluding hydrogens is 222 g/mol. The predicted molar refractivity (Wildman–Crippen MR) is 75.9 cm³/mol. The normalized spacial score (nSPS) is 12.5. The zero-order chi connectivity index (χ0) is 13.3. The van der Waals surface area contributed by atoms with Gasteiger partial charge in [-0.25, -0.2) is 0 Å². The molecule has 0 saturated carbocycles. The Bertz CT molecular complexity index is 555. The number of aryl methyl sites for hydroxylation is 3. The number of benzene rings is 1. The molecule has 0 bridgehead atoms. The highest BCUT2D eigenvalue weighted by atomic mass is 15.3. The predicted octanol–water partition coefficient (Wildman–Crippen LogP) is 3.52. The molecule has 1 N–H and O–H groups in total. The van der Waals surface area contributed by atoms with Gasteiger partial charge < -0.3 is 5.32 Å². The van der Waals surface area contributed by atoms with Gasteiger partial charge in [0.25, 0.3) is 0 Å². The lowest BCUT2D eigenvalue weighted by Gasteiger charge is -2.16. The van der Waals surface area contributed by atoms with Crippen LogP contribution >= 0.6 is 0 Å². The van der Waals surface area contributed by atoms with Gasteiger partial charge in [0.15, 0.2) is 0 Å². The molecule has 1 atom stereocenters. The van der Waals surface area contributed by atoms with Crippen LogP contribution < -0.4 is 5.32 Å². The molecule has 0 aliphatic carbocycles. The third-order valence-electron chi connectivity index (χ3n) is 3.40. The summed E-state index contributed by atoms with van der Waals surface area (Å²) >= 11 is 0. The summed E-state index contributed by atoms with van der Waals surface area (Å²) in [6, 6.07) is 8.71. The molecule has 18 heavy (non-hydrogen) atoms. The van der Waals surface area contributed by atoms with Crippen LogP contribution in [0.5, 0.6) is 0 Å². The molecule has 0 saturated heterocycles. The molecule has 2 aromatic rings. The zero-order valence-corrected chi connectivity index (χ0v) is 11.8. The number of hydrogen-bond donors (Lipinski definition) is 1. The minimum Gasteiger partial charge on any atom is -0.378 e. The lowest BCUT2D eigenvalue weighted by molar-refractivity contribution is 0.728. The second kappa shape index (κ2) is 4.84. The van der Waals surface area contributed by atoms with Crippen molar-refractivity contribution in [2.45, 2.75) is 33.7 Å². The van der Waals surface area contributed by atoms with Gasteiger partial charge in [-0.1, -0.05) is 12.1 Å². The lowest BCUT2D eigenvalue weighted by Crippen LogP contribution is -2.09. The van der Waals surface area contributed by atoms with Crippen molar-refractivity contribution in [1.29, 1.82) is 0 Å². The first-order valence-electron chi connectivity index (χ1n) is 6.32. The molecule has 0 aliphatic rings. The van der Waals surface area contributed by atoms with Crippen molar-refractivity contribution < 1.29 is 0 Å². The van der Waals surface area contributed by atoms with Crippen LogP contribution in [-0.4, -0.2) is 9.78 Å². The van der Waals surface area contributed by atoms with Crippen LogP contribution in [0.3, 0.4) is 0 Å². The van der Waals surface area contributed by atoms with Crippen LogP contribution in [0.15, 0.2) is 24.3 Å². The summed E-state index contributed by atoms with van der Waals surface area (Å²) in [7, 11) is 1.99. The number of nitrogens with zero attached hydrogens (tertiary/aromatic N) is 2. The molecule has 0 fully saturated rings. The topological polar surface area (TPSA) is 29.9 Å². The van der Waals surface area contributed by atoms with Gasteiger partial charge in [0.05, 0.1) is 11.7 Å². The smallest absolute Gasteiger partial charge is 0.0649 e. The molecule has 0 spiro atoms. The van der Waals surface area contributed by atoms with Crippen molar-refractivity contribution >= 4 is 5.69 Å². The average molecular weight is 243 g/mol. The Morgan fingerprint density at radius 3 is 2.50 bits per heavy atom. The molecule has 1 unspecified atom stereocenters. The summed E-state index contributed by atoms with van der Waals surface area (Å²) in [5, 5.41) is 8.01. The van der Waals surface area contributed by atoms with Crippen molar-refractivity contribution in [3.8, 4) is 0 Å². The largest absolute Gasteiger partial charge is 0.378 e. The first kappa shape index (κ1) is 12.7. The van der Waals surface area contributed by atoms with E-state index in [4.69, 9.17) is 0 Å². The van der Waals surface area contributed by atoms with Crippen molar-refractivity contribution in [3.63, 3.8) is 0 Å². The van der Waals surface area contributed by atoms with E-state index in [0.717, 1.165) is 11.4 Å². The van der Waals surface area contributed by atoms with E-state index in [0.29, 0.717) is 0 Å². The molecule has 1 aromatic carbocycles. The highest BCUT2D eigenvalue weighted by molar-refractivity contribution is 5.48. The molecule has 3 nitrogen and oxygen atoms in total. The van der Waals surface area contributed by atoms with E-state index in [9.17, 15) is 0 Å². The van der Waals surface area contributed by atoms with E-state index in [1.165, 1.54) is 16.8 Å². The van der Waals surface area contributed by atoms with Crippen LogP contribution in [0.4, 0.5) is 5.69 Å². The van der Waals surface area contributed by atoms with Crippen molar-refractivity contribution in [3.05, 3.63) is 46.8 Å². The fourth-order valence-electron chi connectivity index (χ4n) is 2.47. The first-order chi connectivity index (χ1) is 8.49. The number of hydrogen-bond acceptors (Lipinski definition) is 2. The molecule has 3 heteroatoms. The molecule has 1 aromatic heterocycles. The number of nitrogens with one attached hydrogen (secondary N) is 1. The second-order valence-electron chi connectivity index (χ2n) is 4.94. The van der Waals surface area contributed by atoms with Gasteiger partial charge in [0.2, 0.25) is 0 Å². The van der Waals surface area contributed by atoms with Crippen LogP contribution in [0.25, 0.3) is 0 Å². The van der Waals surface area contributed by atoms with Crippen LogP contribution in [-0.2, 0) is 7.05 Å². The molecule has 2 rings (SSSR count). The van der Waals surface area contributed by atoms with Gasteiger partial charge in [-0.2, -0.15) is 5.10 Å². The summed E-state index contributed by atoms with van der Waals surface area (Å²) in [4.78, 5) is 0. The molecule has 0 radical (unpaired) electrons. The maximum Gasteiger partial charge on any atom is 0.0649 e. The first-order valence-corrected chi connectivity index (χ1v) is 6.32. The molecular formula is C15H21N3. The van der Waals surface area contributed by atoms with Gasteiger partial charge in [-0.3, -0.25) is 4.68 Å². The molecule has 1 heterocycles. The Kier molecular flexibility index (Phi) is 3.41. The van der Waals surface area contributed by atoms with E-state index in [1.54, 1.807) is 0 Å². The minimum absolute atomic E-state index is 0.264. The van der Waals surface area contributed by atoms with Gasteiger partial charge in [-0.05, 0) is 45.4 Å². The third kappa shape index (κ3) is 2.40. The molecule has 0 aliphatic heterocycles. The van der Waals surface area contributed by atoms with Crippen LogP contribution in [0.1, 0.15) is 35.5 Å². The van der Waals surface area contributed by atoms with Gasteiger partial charge >= 0.3 is 0 Å². The summed E-state index contributed by atoms with van der Waals surface area (Å²) < 4.78 is 1.94. The van der Waals surface area contributed by atoms with E-state index in [1.807, 2.05) is 11.7 Å².